The first-order valence-electron chi connectivity index (χ1n) is 9.98. The van der Waals surface area contributed by atoms with Gasteiger partial charge in [0.2, 0.25) is 0 Å². The molecule has 0 unspecified atom stereocenters. The molecule has 0 saturated carbocycles. The smallest absolute Gasteiger partial charge is 0.342 e. The number of esters is 1. The lowest BCUT2D eigenvalue weighted by molar-refractivity contribution is -0.124. The molecule has 3 aromatic carbocycles. The first kappa shape index (κ1) is 21.9. The average Bonchev–Trinajstić information content (AvgIpc) is 2.82. The molecule has 6 heteroatoms. The van der Waals surface area contributed by atoms with Crippen molar-refractivity contribution in [3.05, 3.63) is 95.6 Å². The minimum Gasteiger partial charge on any atom is -0.497 e. The number of para-hydroxylation sites is 1. The molecule has 0 aliphatic rings. The number of carbonyl (C=O) groups excluding carboxylic acids is 2. The molecular weight excluding hydrogens is 394 g/mol. The largest absolute Gasteiger partial charge is 0.497 e. The van der Waals surface area contributed by atoms with Crippen molar-refractivity contribution >= 4 is 11.9 Å². The number of methoxy groups -OCH3 is 1. The van der Waals surface area contributed by atoms with Gasteiger partial charge in [-0.05, 0) is 41.8 Å². The quantitative estimate of drug-likeness (QED) is 0.506. The fourth-order valence-electron chi connectivity index (χ4n) is 2.89. The van der Waals surface area contributed by atoms with Crippen molar-refractivity contribution in [2.75, 3.05) is 20.3 Å². The maximum absolute atomic E-state index is 12.4. The number of hydrogen-bond acceptors (Lipinski definition) is 5. The predicted octanol–water partition coefficient (Wildman–Crippen LogP) is 3.79. The van der Waals surface area contributed by atoms with Gasteiger partial charge in [0.15, 0.2) is 6.61 Å². The summed E-state index contributed by atoms with van der Waals surface area (Å²) in [7, 11) is 1.62. The first-order valence-corrected chi connectivity index (χ1v) is 9.98. The lowest BCUT2D eigenvalue weighted by Crippen LogP contribution is -2.30. The fourth-order valence-corrected chi connectivity index (χ4v) is 2.89. The van der Waals surface area contributed by atoms with Crippen LogP contribution in [0.5, 0.6) is 11.5 Å². The van der Waals surface area contributed by atoms with Crippen molar-refractivity contribution in [3.8, 4) is 11.5 Å². The normalized spacial score (nSPS) is 10.2. The van der Waals surface area contributed by atoms with Gasteiger partial charge in [0.25, 0.3) is 5.91 Å². The van der Waals surface area contributed by atoms with Gasteiger partial charge in [-0.2, -0.15) is 0 Å². The Kier molecular flexibility index (Phi) is 8.05. The number of nitrogens with one attached hydrogen (secondary N) is 1. The molecule has 160 valence electrons. The van der Waals surface area contributed by atoms with E-state index in [-0.39, 0.29) is 18.1 Å². The third-order valence-corrected chi connectivity index (χ3v) is 4.57. The highest BCUT2D eigenvalue weighted by Crippen LogP contribution is 2.20. The van der Waals surface area contributed by atoms with E-state index in [0.29, 0.717) is 25.3 Å². The molecule has 31 heavy (non-hydrogen) atoms. The van der Waals surface area contributed by atoms with E-state index in [0.717, 1.165) is 16.9 Å². The summed E-state index contributed by atoms with van der Waals surface area (Å²) in [6.45, 7) is 0.422. The lowest BCUT2D eigenvalue weighted by atomic mass is 10.1. The third kappa shape index (κ3) is 6.89. The highest BCUT2D eigenvalue weighted by Gasteiger charge is 2.15. The lowest BCUT2D eigenvalue weighted by Gasteiger charge is -2.11. The SMILES string of the molecule is COc1ccc(CCNC(=O)COC(=O)c2ccccc2OCc2ccccc2)cc1. The molecule has 0 heterocycles. The van der Waals surface area contributed by atoms with Crippen LogP contribution in [0.25, 0.3) is 0 Å². The van der Waals surface area contributed by atoms with E-state index in [1.165, 1.54) is 0 Å². The third-order valence-electron chi connectivity index (χ3n) is 4.57. The van der Waals surface area contributed by atoms with Crippen LogP contribution in [0, 0.1) is 0 Å². The first-order chi connectivity index (χ1) is 15.2. The van der Waals surface area contributed by atoms with Gasteiger partial charge in [-0.1, -0.05) is 54.6 Å². The molecule has 0 spiro atoms. The second kappa shape index (κ2) is 11.4. The molecule has 0 bridgehead atoms. The van der Waals surface area contributed by atoms with Gasteiger partial charge in [0, 0.05) is 6.54 Å². The summed E-state index contributed by atoms with van der Waals surface area (Å²) in [5.41, 5.74) is 2.34. The van der Waals surface area contributed by atoms with E-state index in [1.807, 2.05) is 54.6 Å². The van der Waals surface area contributed by atoms with Crippen LogP contribution in [0.2, 0.25) is 0 Å². The fraction of sp³-hybridized carbons (Fsp3) is 0.200. The van der Waals surface area contributed by atoms with E-state index in [4.69, 9.17) is 14.2 Å². The van der Waals surface area contributed by atoms with Gasteiger partial charge in [-0.25, -0.2) is 4.79 Å². The molecule has 1 N–H and O–H groups in total. The molecule has 3 rings (SSSR count). The number of amides is 1. The number of hydrogen-bond donors (Lipinski definition) is 1. The summed E-state index contributed by atoms with van der Waals surface area (Å²) in [4.78, 5) is 24.5. The molecule has 6 nitrogen and oxygen atoms in total. The van der Waals surface area contributed by atoms with E-state index < -0.39 is 5.97 Å². The highest BCUT2D eigenvalue weighted by molar-refractivity contribution is 5.94. The van der Waals surface area contributed by atoms with Crippen LogP contribution in [0.15, 0.2) is 78.9 Å². The topological polar surface area (TPSA) is 73.9 Å². The zero-order chi connectivity index (χ0) is 21.9. The zero-order valence-corrected chi connectivity index (χ0v) is 17.4. The standard InChI is InChI=1S/C25H25NO5/c1-29-21-13-11-19(12-14-21)15-16-26-24(27)18-31-25(28)22-9-5-6-10-23(22)30-17-20-7-3-2-4-8-20/h2-14H,15-18H2,1H3,(H,26,27). The van der Waals surface area contributed by atoms with E-state index >= 15 is 0 Å². The molecule has 0 aliphatic carbocycles. The summed E-state index contributed by atoms with van der Waals surface area (Å²) < 4.78 is 16.1. The van der Waals surface area contributed by atoms with Crippen LogP contribution < -0.4 is 14.8 Å². The molecule has 0 aromatic heterocycles. The van der Waals surface area contributed by atoms with Crippen molar-refractivity contribution in [1.29, 1.82) is 0 Å². The van der Waals surface area contributed by atoms with Gasteiger partial charge >= 0.3 is 5.97 Å². The van der Waals surface area contributed by atoms with Crippen molar-refractivity contribution in [2.24, 2.45) is 0 Å². The van der Waals surface area contributed by atoms with Crippen molar-refractivity contribution in [3.63, 3.8) is 0 Å². The van der Waals surface area contributed by atoms with E-state index in [1.54, 1.807) is 31.4 Å². The zero-order valence-electron chi connectivity index (χ0n) is 17.4. The average molecular weight is 419 g/mol. The van der Waals surface area contributed by atoms with Gasteiger partial charge in [0.1, 0.15) is 23.7 Å². The Balaban J connectivity index is 1.44. The van der Waals surface area contributed by atoms with Crippen LogP contribution in [-0.4, -0.2) is 32.1 Å². The van der Waals surface area contributed by atoms with Crippen LogP contribution in [-0.2, 0) is 22.6 Å². The second-order valence-electron chi connectivity index (χ2n) is 6.79. The van der Waals surface area contributed by atoms with Crippen LogP contribution in [0.1, 0.15) is 21.5 Å². The van der Waals surface area contributed by atoms with Gasteiger partial charge in [-0.3, -0.25) is 4.79 Å². The molecular formula is C25H25NO5. The molecule has 0 atom stereocenters. The minimum atomic E-state index is -0.603. The summed E-state index contributed by atoms with van der Waals surface area (Å²) in [6, 6.07) is 24.1. The number of rotatable bonds is 10. The summed E-state index contributed by atoms with van der Waals surface area (Å²) in [5, 5.41) is 2.75. The van der Waals surface area contributed by atoms with Crippen molar-refractivity contribution in [1.82, 2.24) is 5.32 Å². The molecule has 0 fully saturated rings. The Morgan fingerprint density at radius 1 is 0.839 bits per heavy atom. The number of benzene rings is 3. The summed E-state index contributed by atoms with van der Waals surface area (Å²) >= 11 is 0. The molecule has 3 aromatic rings. The Labute approximate surface area is 181 Å². The maximum Gasteiger partial charge on any atom is 0.342 e. The highest BCUT2D eigenvalue weighted by atomic mass is 16.5. The van der Waals surface area contributed by atoms with Gasteiger partial charge in [0.05, 0.1) is 7.11 Å². The second-order valence-corrected chi connectivity index (χ2v) is 6.79. The summed E-state index contributed by atoms with van der Waals surface area (Å²) in [5.74, 6) is 0.238. The summed E-state index contributed by atoms with van der Waals surface area (Å²) in [6.07, 6.45) is 0.667. The molecule has 1 amide bonds. The van der Waals surface area contributed by atoms with Crippen LogP contribution >= 0.6 is 0 Å². The number of ether oxygens (including phenoxy) is 3. The van der Waals surface area contributed by atoms with Crippen molar-refractivity contribution < 1.29 is 23.8 Å². The minimum absolute atomic E-state index is 0.282. The predicted molar refractivity (Wildman–Crippen MR) is 117 cm³/mol. The van der Waals surface area contributed by atoms with Crippen LogP contribution in [0.4, 0.5) is 0 Å². The van der Waals surface area contributed by atoms with Crippen molar-refractivity contribution in [2.45, 2.75) is 13.0 Å². The molecule has 0 aliphatic heterocycles. The molecule has 0 radical (unpaired) electrons. The Hall–Kier alpha value is -3.80. The van der Waals surface area contributed by atoms with Gasteiger partial charge in [-0.15, -0.1) is 0 Å². The van der Waals surface area contributed by atoms with Gasteiger partial charge < -0.3 is 19.5 Å². The Morgan fingerprint density at radius 3 is 2.29 bits per heavy atom. The monoisotopic (exact) mass is 419 g/mol. The Bertz CT molecular complexity index is 986. The van der Waals surface area contributed by atoms with E-state index in [9.17, 15) is 9.59 Å². The maximum atomic E-state index is 12.4. The number of carbonyl (C=O) groups is 2. The Morgan fingerprint density at radius 2 is 1.55 bits per heavy atom. The van der Waals surface area contributed by atoms with Crippen LogP contribution in [0.3, 0.4) is 0 Å². The van der Waals surface area contributed by atoms with E-state index in [2.05, 4.69) is 5.32 Å². The molecule has 0 saturated heterocycles.